The van der Waals surface area contributed by atoms with E-state index in [4.69, 9.17) is 10.6 Å². The second-order valence-corrected chi connectivity index (χ2v) is 11.6. The number of anilines is 1. The summed E-state index contributed by atoms with van der Waals surface area (Å²) in [4.78, 5) is 46.9. The lowest BCUT2D eigenvalue weighted by Gasteiger charge is -2.45. The number of likely N-dealkylation sites (N-methyl/N-ethyl adjacent to an activating group) is 1. The lowest BCUT2D eigenvalue weighted by molar-refractivity contribution is -0.917. The number of carboxylic acids is 1. The summed E-state index contributed by atoms with van der Waals surface area (Å²) >= 11 is 2.54. The van der Waals surface area contributed by atoms with Crippen molar-refractivity contribution in [1.82, 2.24) is 10.3 Å². The van der Waals surface area contributed by atoms with Crippen LogP contribution >= 0.6 is 23.1 Å². The number of allylic oxidation sites excluding steroid dienone is 1. The zero-order chi connectivity index (χ0) is 26.9. The summed E-state index contributed by atoms with van der Waals surface area (Å²) in [6.07, 6.45) is 3.59. The van der Waals surface area contributed by atoms with E-state index in [9.17, 15) is 29.7 Å². The standard InChI is InChI=1S/C23H29N5O7S2/c1-28(7-13(30)6-12(28)8-29)5-3-4-11-9-36-20-16(15(11)22(33)34)19(31)18(20)26-21(32)17(27-35-2)14-10-37-23(24)25-14/h3-4,10,12-13,16,18,20,29-30H,5-9H2,1-2H3,(H3-,24,25,26,32,33,34)/p+1/b4-3+,27-17-/t12-,13+,16?,18+,20-,28?/m0/s1. The number of aromatic nitrogens is 1. The van der Waals surface area contributed by atoms with Gasteiger partial charge in [0, 0.05) is 22.8 Å². The number of oxime groups is 1. The first-order valence-electron chi connectivity index (χ1n) is 11.6. The summed E-state index contributed by atoms with van der Waals surface area (Å²) in [6.45, 7) is 0.965. The monoisotopic (exact) mass is 552 g/mol. The predicted octanol–water partition coefficient (Wildman–Crippen LogP) is -0.616. The maximum atomic E-state index is 13.1. The molecule has 4 rings (SSSR count). The number of nitrogens with two attached hydrogens (primary N) is 1. The topological polar surface area (TPSA) is 184 Å². The van der Waals surface area contributed by atoms with Crippen LogP contribution in [0.2, 0.25) is 0 Å². The van der Waals surface area contributed by atoms with Crippen molar-refractivity contribution >= 4 is 51.6 Å². The highest BCUT2D eigenvalue weighted by Gasteiger charge is 2.56. The van der Waals surface area contributed by atoms with E-state index in [0.717, 1.165) is 11.3 Å². The lowest BCUT2D eigenvalue weighted by Crippen LogP contribution is -2.65. The summed E-state index contributed by atoms with van der Waals surface area (Å²) in [5, 5.41) is 37.4. The van der Waals surface area contributed by atoms with E-state index in [1.807, 2.05) is 13.1 Å². The fraction of sp³-hybridized carbons (Fsp3) is 0.522. The molecule has 1 amide bonds. The first-order valence-corrected chi connectivity index (χ1v) is 13.6. The number of thiazole rings is 1. The Labute approximate surface area is 221 Å². The smallest absolute Gasteiger partial charge is 0.332 e. The highest BCUT2D eigenvalue weighted by atomic mass is 32.2. The molecule has 6 N–H and O–H groups in total. The first kappa shape index (κ1) is 27.3. The summed E-state index contributed by atoms with van der Waals surface area (Å²) in [5.74, 6) is -2.71. The molecule has 2 fully saturated rings. The van der Waals surface area contributed by atoms with Crippen LogP contribution in [0, 0.1) is 5.92 Å². The minimum Gasteiger partial charge on any atom is -0.478 e. The summed E-state index contributed by atoms with van der Waals surface area (Å²) in [5.41, 5.74) is 6.31. The van der Waals surface area contributed by atoms with Gasteiger partial charge in [-0.15, -0.1) is 11.3 Å². The molecule has 200 valence electrons. The quantitative estimate of drug-likeness (QED) is 0.150. The SMILES string of the molecule is CO/N=C(\C(=O)N[C@@H]1C(=O)C2C(C(=O)O)=C(/C=C/C[N+]3(C)C[C@H](O)C[C@H]3CO)CS[C@@H]21)c1csc(N)n1. The molecule has 1 saturated heterocycles. The van der Waals surface area contributed by atoms with Crippen LogP contribution < -0.4 is 11.1 Å². The number of carboxylic acid groups (broad SMARTS) is 1. The molecule has 1 aliphatic carbocycles. The molecule has 2 unspecified atom stereocenters. The van der Waals surface area contributed by atoms with E-state index >= 15 is 0 Å². The Balaban J connectivity index is 1.48. The number of amides is 1. The highest BCUT2D eigenvalue weighted by molar-refractivity contribution is 8.00. The molecule has 14 heteroatoms. The number of rotatable bonds is 9. The molecule has 37 heavy (non-hydrogen) atoms. The molecule has 1 aromatic rings. The number of Topliss-reactive ketones (excluding diaryl/α,β-unsaturated/α-hetero) is 1. The number of nitrogens with zero attached hydrogens (tertiary/aromatic N) is 3. The molecular formula is C23H30N5O7S2+. The zero-order valence-electron chi connectivity index (χ0n) is 20.4. The van der Waals surface area contributed by atoms with Crippen LogP contribution in [0.3, 0.4) is 0 Å². The Morgan fingerprint density at radius 1 is 1.43 bits per heavy atom. The molecule has 6 atom stereocenters. The molecule has 1 saturated carbocycles. The van der Waals surface area contributed by atoms with Gasteiger partial charge in [0.2, 0.25) is 0 Å². The van der Waals surface area contributed by atoms with E-state index in [1.54, 1.807) is 11.5 Å². The van der Waals surface area contributed by atoms with Gasteiger partial charge in [0.05, 0.1) is 31.7 Å². The van der Waals surface area contributed by atoms with Crippen molar-refractivity contribution in [3.63, 3.8) is 0 Å². The summed E-state index contributed by atoms with van der Waals surface area (Å²) in [6, 6.07) is -0.969. The Hall–Kier alpha value is -2.78. The lowest BCUT2D eigenvalue weighted by atomic mass is 9.71. The maximum absolute atomic E-state index is 13.1. The van der Waals surface area contributed by atoms with Gasteiger partial charge in [-0.05, 0) is 11.6 Å². The van der Waals surface area contributed by atoms with Gasteiger partial charge in [0.25, 0.3) is 5.91 Å². The van der Waals surface area contributed by atoms with Gasteiger partial charge in [-0.3, -0.25) is 9.59 Å². The van der Waals surface area contributed by atoms with Crippen LogP contribution in [-0.4, -0.2) is 111 Å². The average Bonchev–Trinajstić information content (AvgIpc) is 3.41. The second-order valence-electron chi connectivity index (χ2n) is 9.52. The zero-order valence-corrected chi connectivity index (χ0v) is 22.0. The normalized spacial score (nSPS) is 31.8. The third-order valence-corrected chi connectivity index (χ3v) is 9.22. The first-order chi connectivity index (χ1) is 17.6. The number of carbonyl (C=O) groups excluding carboxylic acids is 2. The Morgan fingerprint density at radius 3 is 2.81 bits per heavy atom. The summed E-state index contributed by atoms with van der Waals surface area (Å²) in [7, 11) is 3.23. The van der Waals surface area contributed by atoms with Crippen molar-refractivity contribution in [1.29, 1.82) is 0 Å². The Morgan fingerprint density at radius 2 is 2.19 bits per heavy atom. The van der Waals surface area contributed by atoms with E-state index in [0.29, 0.717) is 35.3 Å². The van der Waals surface area contributed by atoms with Crippen LogP contribution in [0.5, 0.6) is 0 Å². The third kappa shape index (κ3) is 5.29. The van der Waals surface area contributed by atoms with Crippen LogP contribution in [0.1, 0.15) is 12.1 Å². The second kappa shape index (κ2) is 10.9. The van der Waals surface area contributed by atoms with E-state index < -0.39 is 35.2 Å². The largest absolute Gasteiger partial charge is 0.478 e. The van der Waals surface area contributed by atoms with Crippen molar-refractivity contribution in [2.75, 3.05) is 45.3 Å². The number of aliphatic carboxylic acids is 1. The summed E-state index contributed by atoms with van der Waals surface area (Å²) < 4.78 is 0.450. The van der Waals surface area contributed by atoms with Crippen LogP contribution in [0.25, 0.3) is 0 Å². The number of quaternary nitrogens is 1. The number of hydrogen-bond acceptors (Lipinski definition) is 11. The van der Waals surface area contributed by atoms with Crippen molar-refractivity contribution in [3.8, 4) is 0 Å². The van der Waals surface area contributed by atoms with Crippen molar-refractivity contribution in [2.45, 2.75) is 29.9 Å². The minimum atomic E-state index is -1.17. The minimum absolute atomic E-state index is 0.0383. The van der Waals surface area contributed by atoms with Crippen LogP contribution in [0.15, 0.2) is 33.8 Å². The van der Waals surface area contributed by atoms with Crippen LogP contribution in [-0.2, 0) is 19.2 Å². The molecule has 1 aromatic heterocycles. The number of ketones is 1. The molecular weight excluding hydrogens is 522 g/mol. The number of likely N-dealkylation sites (tertiary alicyclic amines) is 1. The number of fused-ring (bicyclic) bond motifs is 1. The molecule has 3 heterocycles. The maximum Gasteiger partial charge on any atom is 0.332 e. The molecule has 0 aromatic carbocycles. The van der Waals surface area contributed by atoms with Gasteiger partial charge in [0.1, 0.15) is 37.5 Å². The molecule has 0 spiro atoms. The fourth-order valence-electron chi connectivity index (χ4n) is 5.22. The molecule has 0 radical (unpaired) electrons. The molecule has 3 aliphatic rings. The number of nitrogens with one attached hydrogen (secondary N) is 1. The average molecular weight is 553 g/mol. The Bertz CT molecular complexity index is 1180. The van der Waals surface area contributed by atoms with Gasteiger partial charge in [-0.25, -0.2) is 9.78 Å². The van der Waals surface area contributed by atoms with E-state index in [-0.39, 0.29) is 40.5 Å². The highest BCUT2D eigenvalue weighted by Crippen LogP contribution is 2.46. The van der Waals surface area contributed by atoms with E-state index in [1.165, 1.54) is 18.9 Å². The number of aliphatic hydroxyl groups excluding tert-OH is 2. The van der Waals surface area contributed by atoms with Crippen molar-refractivity contribution < 1.29 is 39.0 Å². The third-order valence-electron chi connectivity index (χ3n) is 7.14. The Kier molecular flexibility index (Phi) is 8.04. The molecule has 12 nitrogen and oxygen atoms in total. The van der Waals surface area contributed by atoms with Crippen molar-refractivity contribution in [2.24, 2.45) is 11.1 Å². The fourth-order valence-corrected chi connectivity index (χ4v) is 7.25. The van der Waals surface area contributed by atoms with Crippen molar-refractivity contribution in [3.05, 3.63) is 34.4 Å². The number of aliphatic hydroxyl groups is 2. The number of hydrogen-bond donors (Lipinski definition) is 5. The molecule has 2 aliphatic heterocycles. The van der Waals surface area contributed by atoms with Crippen LogP contribution in [0.4, 0.5) is 5.13 Å². The van der Waals surface area contributed by atoms with Gasteiger partial charge in [-0.1, -0.05) is 11.2 Å². The van der Waals surface area contributed by atoms with Gasteiger partial charge in [-0.2, -0.15) is 11.8 Å². The van der Waals surface area contributed by atoms with Gasteiger partial charge in [0.15, 0.2) is 16.6 Å². The predicted molar refractivity (Wildman–Crippen MR) is 138 cm³/mol. The van der Waals surface area contributed by atoms with Gasteiger partial charge >= 0.3 is 5.97 Å². The number of carbonyl (C=O) groups is 3. The number of thioether (sulfide) groups is 1. The van der Waals surface area contributed by atoms with E-state index in [2.05, 4.69) is 15.5 Å². The van der Waals surface area contributed by atoms with Gasteiger partial charge < -0.3 is 35.7 Å². The number of nitrogen functional groups attached to an aromatic ring is 1. The molecule has 0 bridgehead atoms.